The second-order valence-corrected chi connectivity index (χ2v) is 6.97. The quantitative estimate of drug-likeness (QED) is 0.434. The second-order valence-electron chi connectivity index (χ2n) is 6.97. The first-order valence-corrected chi connectivity index (χ1v) is 9.24. The predicted molar refractivity (Wildman–Crippen MR) is 97.5 cm³/mol. The van der Waals surface area contributed by atoms with Crippen LogP contribution >= 0.6 is 0 Å². The topological polar surface area (TPSA) is 89.2 Å². The highest BCUT2D eigenvalue weighted by molar-refractivity contribution is 5.30. The fourth-order valence-electron chi connectivity index (χ4n) is 4.04. The maximum Gasteiger partial charge on any atom is 0.416 e. The first-order chi connectivity index (χ1) is 13.7. The standard InChI is InChI=1S/C20H21F3N2O4/c1-2-29-19(26)17-15(12-6-4-3-5-7-12)18(25(27)28)16(24-17)13-8-10-14(11-9-13)20(21,22)23/h3-11,15-19,24,26H,2H2,1H3/p+1/t15-,16+,17+,18+,19-/m1/s1. The Morgan fingerprint density at radius 2 is 1.76 bits per heavy atom. The van der Waals surface area contributed by atoms with Crippen molar-refractivity contribution in [3.8, 4) is 0 Å². The van der Waals surface area contributed by atoms with Gasteiger partial charge in [-0.25, -0.2) is 0 Å². The summed E-state index contributed by atoms with van der Waals surface area (Å²) in [6, 6.07) is 10.6. The van der Waals surface area contributed by atoms with Crippen LogP contribution in [0.4, 0.5) is 13.2 Å². The lowest BCUT2D eigenvalue weighted by Gasteiger charge is -2.21. The number of nitrogens with two attached hydrogens (primary N) is 1. The molecule has 0 aliphatic carbocycles. The predicted octanol–water partition coefficient (Wildman–Crippen LogP) is 2.48. The fraction of sp³-hybridized carbons (Fsp3) is 0.400. The van der Waals surface area contributed by atoms with Crippen LogP contribution in [0.5, 0.6) is 0 Å². The van der Waals surface area contributed by atoms with E-state index < -0.39 is 47.0 Å². The largest absolute Gasteiger partial charge is 0.416 e. The molecule has 1 saturated heterocycles. The van der Waals surface area contributed by atoms with E-state index in [0.29, 0.717) is 11.1 Å². The van der Waals surface area contributed by atoms with Gasteiger partial charge in [-0.05, 0) is 24.6 Å². The van der Waals surface area contributed by atoms with Gasteiger partial charge in [-0.2, -0.15) is 13.2 Å². The summed E-state index contributed by atoms with van der Waals surface area (Å²) >= 11 is 0. The minimum absolute atomic E-state index is 0.223. The highest BCUT2D eigenvalue weighted by atomic mass is 19.4. The Morgan fingerprint density at radius 1 is 1.14 bits per heavy atom. The summed E-state index contributed by atoms with van der Waals surface area (Å²) in [7, 11) is 0. The van der Waals surface area contributed by atoms with Gasteiger partial charge < -0.3 is 15.2 Å². The Bertz CT molecular complexity index is 830. The van der Waals surface area contributed by atoms with Crippen molar-refractivity contribution in [1.82, 2.24) is 0 Å². The molecule has 1 aliphatic heterocycles. The van der Waals surface area contributed by atoms with Gasteiger partial charge >= 0.3 is 6.18 Å². The number of hydrogen-bond donors (Lipinski definition) is 2. The highest BCUT2D eigenvalue weighted by Gasteiger charge is 2.58. The van der Waals surface area contributed by atoms with E-state index in [1.807, 2.05) is 0 Å². The number of aliphatic hydroxyl groups excluding tert-OH is 1. The molecule has 9 heteroatoms. The van der Waals surface area contributed by atoms with Crippen LogP contribution < -0.4 is 5.32 Å². The molecule has 0 bridgehead atoms. The zero-order chi connectivity index (χ0) is 21.2. The molecule has 0 amide bonds. The monoisotopic (exact) mass is 411 g/mol. The summed E-state index contributed by atoms with van der Waals surface area (Å²) in [6.45, 7) is 1.93. The highest BCUT2D eigenvalue weighted by Crippen LogP contribution is 2.37. The first kappa shape index (κ1) is 21.2. The van der Waals surface area contributed by atoms with E-state index in [0.717, 1.165) is 12.1 Å². The molecular formula is C20H22F3N2O4+. The van der Waals surface area contributed by atoms with Crippen molar-refractivity contribution in [3.05, 3.63) is 81.4 Å². The van der Waals surface area contributed by atoms with Crippen molar-refractivity contribution >= 4 is 0 Å². The molecule has 3 rings (SSSR count). The Hall–Kier alpha value is -2.49. The third-order valence-corrected chi connectivity index (χ3v) is 5.30. The van der Waals surface area contributed by atoms with Crippen LogP contribution in [0.1, 0.15) is 35.6 Å². The first-order valence-electron chi connectivity index (χ1n) is 9.24. The maximum absolute atomic E-state index is 12.9. The molecule has 6 nitrogen and oxygen atoms in total. The Morgan fingerprint density at radius 3 is 2.28 bits per heavy atom. The van der Waals surface area contributed by atoms with E-state index in [-0.39, 0.29) is 6.61 Å². The van der Waals surface area contributed by atoms with Crippen molar-refractivity contribution < 1.29 is 33.3 Å². The average Bonchev–Trinajstić information content (AvgIpc) is 3.09. The zero-order valence-electron chi connectivity index (χ0n) is 15.6. The summed E-state index contributed by atoms with van der Waals surface area (Å²) in [5.74, 6) is -0.681. The van der Waals surface area contributed by atoms with Gasteiger partial charge in [0.2, 0.25) is 6.29 Å². The number of aliphatic hydroxyl groups is 1. The molecule has 29 heavy (non-hydrogen) atoms. The summed E-state index contributed by atoms with van der Waals surface area (Å²) in [6.07, 6.45) is -5.74. The molecule has 1 heterocycles. The number of nitro groups is 1. The van der Waals surface area contributed by atoms with E-state index in [4.69, 9.17) is 4.74 Å². The van der Waals surface area contributed by atoms with Gasteiger partial charge in [0.1, 0.15) is 5.92 Å². The third kappa shape index (κ3) is 4.42. The van der Waals surface area contributed by atoms with Crippen LogP contribution in [0, 0.1) is 10.1 Å². The van der Waals surface area contributed by atoms with Crippen molar-refractivity contribution in [1.29, 1.82) is 0 Å². The smallest absolute Gasteiger partial charge is 0.363 e. The number of benzene rings is 2. The van der Waals surface area contributed by atoms with Gasteiger partial charge in [0, 0.05) is 17.1 Å². The number of rotatable bonds is 6. The molecule has 1 fully saturated rings. The lowest BCUT2D eigenvalue weighted by Crippen LogP contribution is -2.91. The lowest BCUT2D eigenvalue weighted by atomic mass is 9.85. The van der Waals surface area contributed by atoms with Gasteiger partial charge in [0.15, 0.2) is 12.1 Å². The fourth-order valence-corrected chi connectivity index (χ4v) is 4.04. The van der Waals surface area contributed by atoms with Crippen LogP contribution in [0.2, 0.25) is 0 Å². The van der Waals surface area contributed by atoms with E-state index in [1.165, 1.54) is 12.1 Å². The summed E-state index contributed by atoms with van der Waals surface area (Å²) in [4.78, 5) is 11.6. The number of ether oxygens (including phenoxy) is 1. The summed E-state index contributed by atoms with van der Waals surface area (Å²) in [5.41, 5.74) is 0.248. The molecule has 5 atom stereocenters. The molecule has 2 aromatic carbocycles. The maximum atomic E-state index is 12.9. The zero-order valence-corrected chi connectivity index (χ0v) is 15.6. The molecule has 0 radical (unpaired) electrons. The van der Waals surface area contributed by atoms with Gasteiger partial charge in [0.25, 0.3) is 6.04 Å². The Labute approximate surface area is 165 Å². The molecular weight excluding hydrogens is 389 g/mol. The van der Waals surface area contributed by atoms with E-state index in [9.17, 15) is 28.4 Å². The van der Waals surface area contributed by atoms with Crippen LogP contribution in [-0.2, 0) is 10.9 Å². The SMILES string of the molecule is CCO[C@@H](O)[C@H]1[NH2+][C@@H](c2ccc(C(F)(F)F)cc2)[C@@H]([N+](=O)[O-])[C@@H]1c1ccccc1. The van der Waals surface area contributed by atoms with Crippen molar-refractivity contribution in [2.45, 2.75) is 43.4 Å². The van der Waals surface area contributed by atoms with Crippen LogP contribution in [0.3, 0.4) is 0 Å². The number of quaternary nitrogens is 1. The van der Waals surface area contributed by atoms with Crippen molar-refractivity contribution in [3.63, 3.8) is 0 Å². The minimum atomic E-state index is -4.49. The van der Waals surface area contributed by atoms with E-state index in [1.54, 1.807) is 42.6 Å². The van der Waals surface area contributed by atoms with E-state index in [2.05, 4.69) is 0 Å². The molecule has 1 aliphatic rings. The van der Waals surface area contributed by atoms with Gasteiger partial charge in [-0.1, -0.05) is 42.5 Å². The number of halogens is 3. The van der Waals surface area contributed by atoms with Crippen LogP contribution in [0.25, 0.3) is 0 Å². The van der Waals surface area contributed by atoms with Crippen molar-refractivity contribution in [2.24, 2.45) is 0 Å². The van der Waals surface area contributed by atoms with Crippen LogP contribution in [-0.4, -0.2) is 35.0 Å². The number of alkyl halides is 3. The normalized spacial score (nSPS) is 25.7. The second kappa shape index (κ2) is 8.48. The molecule has 0 spiro atoms. The molecule has 0 saturated carbocycles. The minimum Gasteiger partial charge on any atom is -0.363 e. The number of nitrogens with zero attached hydrogens (tertiary/aromatic N) is 1. The molecule has 0 unspecified atom stereocenters. The molecule has 3 N–H and O–H groups in total. The molecule has 0 aromatic heterocycles. The van der Waals surface area contributed by atoms with Crippen LogP contribution in [0.15, 0.2) is 54.6 Å². The van der Waals surface area contributed by atoms with Gasteiger partial charge in [-0.15, -0.1) is 0 Å². The lowest BCUT2D eigenvalue weighted by molar-refractivity contribution is -0.735. The van der Waals surface area contributed by atoms with Gasteiger partial charge in [-0.3, -0.25) is 10.1 Å². The van der Waals surface area contributed by atoms with Crippen molar-refractivity contribution in [2.75, 3.05) is 6.61 Å². The summed E-state index contributed by atoms with van der Waals surface area (Å²) in [5, 5.41) is 24.1. The molecule has 2 aromatic rings. The van der Waals surface area contributed by atoms with Gasteiger partial charge in [0.05, 0.1) is 5.56 Å². The average molecular weight is 411 g/mol. The summed E-state index contributed by atoms with van der Waals surface area (Å²) < 4.78 is 43.9. The third-order valence-electron chi connectivity index (χ3n) is 5.30. The number of hydrogen-bond acceptors (Lipinski definition) is 4. The molecule has 156 valence electrons. The Kier molecular flexibility index (Phi) is 6.21. The Balaban J connectivity index is 2.02. The van der Waals surface area contributed by atoms with E-state index >= 15 is 0 Å².